The first-order chi connectivity index (χ1) is 14.3. The number of hydrogen-bond acceptors (Lipinski definition) is 5. The number of nitrogens with zero attached hydrogens (tertiary/aromatic N) is 2. The summed E-state index contributed by atoms with van der Waals surface area (Å²) in [6, 6.07) is 7.17. The molecule has 0 radical (unpaired) electrons. The van der Waals surface area contributed by atoms with E-state index in [2.05, 4.69) is 21.9 Å². The third-order valence-electron chi connectivity index (χ3n) is 7.36. The molecule has 1 aliphatic carbocycles. The Hall–Kier alpha value is -1.30. The van der Waals surface area contributed by atoms with Crippen LogP contribution in [0.3, 0.4) is 0 Å². The fourth-order valence-corrected chi connectivity index (χ4v) is 5.77. The Morgan fingerprint density at radius 1 is 0.931 bits per heavy atom. The summed E-state index contributed by atoms with van der Waals surface area (Å²) in [6.45, 7) is 6.99. The Morgan fingerprint density at radius 2 is 1.79 bits per heavy atom. The Bertz CT molecular complexity index is 662. The molecule has 4 aliphatic rings. The molecule has 0 N–H and O–H groups in total. The molecular weight excluding hydrogens is 364 g/mol. The average Bonchev–Trinajstić information content (AvgIpc) is 3.51. The highest BCUT2D eigenvalue weighted by Gasteiger charge is 2.29. The van der Waals surface area contributed by atoms with E-state index in [1.54, 1.807) is 0 Å². The summed E-state index contributed by atoms with van der Waals surface area (Å²) in [6.07, 6.45) is 11.2. The second-order valence-corrected chi connectivity index (χ2v) is 9.40. The van der Waals surface area contributed by atoms with Crippen LogP contribution < -0.4 is 9.47 Å². The van der Waals surface area contributed by atoms with Crippen LogP contribution >= 0.6 is 0 Å². The first-order valence-corrected chi connectivity index (χ1v) is 11.8. The van der Waals surface area contributed by atoms with Crippen molar-refractivity contribution in [2.45, 2.75) is 70.1 Å². The maximum atomic E-state index is 5.98. The van der Waals surface area contributed by atoms with Crippen molar-refractivity contribution in [2.24, 2.45) is 5.92 Å². The van der Waals surface area contributed by atoms with Gasteiger partial charge in [0, 0.05) is 37.8 Å². The second kappa shape index (κ2) is 9.23. The molecule has 5 rings (SSSR count). The van der Waals surface area contributed by atoms with Crippen LogP contribution in [0.1, 0.15) is 56.9 Å². The smallest absolute Gasteiger partial charge is 0.231 e. The quantitative estimate of drug-likeness (QED) is 0.690. The van der Waals surface area contributed by atoms with Gasteiger partial charge in [-0.05, 0) is 63.6 Å². The molecule has 0 amide bonds. The summed E-state index contributed by atoms with van der Waals surface area (Å²) in [5.74, 6) is 2.63. The average molecular weight is 401 g/mol. The normalized spacial score (nSPS) is 26.0. The summed E-state index contributed by atoms with van der Waals surface area (Å²) in [5, 5.41) is 0. The number of likely N-dealkylation sites (tertiary alicyclic amines) is 1. The van der Waals surface area contributed by atoms with Crippen LogP contribution in [0.2, 0.25) is 0 Å². The largest absolute Gasteiger partial charge is 0.454 e. The Labute approximate surface area is 175 Å². The molecule has 0 bridgehead atoms. The highest BCUT2D eigenvalue weighted by molar-refractivity contribution is 5.48. The summed E-state index contributed by atoms with van der Waals surface area (Å²) >= 11 is 0. The maximum absolute atomic E-state index is 5.98. The fraction of sp³-hybridized carbons (Fsp3) is 0.750. The summed E-state index contributed by atoms with van der Waals surface area (Å²) in [4.78, 5) is 5.41. The molecule has 5 nitrogen and oxygen atoms in total. The van der Waals surface area contributed by atoms with Gasteiger partial charge in [-0.3, -0.25) is 4.90 Å². The lowest BCUT2D eigenvalue weighted by atomic mass is 9.94. The van der Waals surface area contributed by atoms with Crippen molar-refractivity contribution in [1.29, 1.82) is 0 Å². The van der Waals surface area contributed by atoms with Gasteiger partial charge in [-0.15, -0.1) is 0 Å². The first-order valence-electron chi connectivity index (χ1n) is 11.8. The number of piperidine rings is 1. The van der Waals surface area contributed by atoms with E-state index in [0.717, 1.165) is 43.2 Å². The van der Waals surface area contributed by atoms with Crippen LogP contribution in [0.15, 0.2) is 18.2 Å². The Morgan fingerprint density at radius 3 is 2.59 bits per heavy atom. The highest BCUT2D eigenvalue weighted by Crippen LogP contribution is 2.36. The minimum Gasteiger partial charge on any atom is -0.454 e. The number of hydrogen-bond donors (Lipinski definition) is 0. The number of benzene rings is 1. The van der Waals surface area contributed by atoms with Crippen molar-refractivity contribution in [2.75, 3.05) is 39.6 Å². The predicted molar refractivity (Wildman–Crippen MR) is 113 cm³/mol. The molecule has 2 saturated heterocycles. The van der Waals surface area contributed by atoms with E-state index >= 15 is 0 Å². The van der Waals surface area contributed by atoms with Crippen LogP contribution in [-0.2, 0) is 11.3 Å². The third kappa shape index (κ3) is 4.73. The zero-order chi connectivity index (χ0) is 19.5. The number of fused-ring (bicyclic) bond motifs is 1. The molecule has 3 aliphatic heterocycles. The van der Waals surface area contributed by atoms with Gasteiger partial charge in [0.15, 0.2) is 11.5 Å². The molecule has 1 unspecified atom stereocenters. The van der Waals surface area contributed by atoms with E-state index in [0.29, 0.717) is 12.9 Å². The molecule has 1 aromatic rings. The van der Waals surface area contributed by atoms with Crippen LogP contribution in [0.4, 0.5) is 0 Å². The van der Waals surface area contributed by atoms with Crippen LogP contribution in [-0.4, -0.2) is 61.5 Å². The Kier molecular flexibility index (Phi) is 6.26. The number of para-hydroxylation sites is 1. The lowest BCUT2D eigenvalue weighted by molar-refractivity contribution is 0.0536. The van der Waals surface area contributed by atoms with E-state index in [9.17, 15) is 0 Å². The molecule has 3 fully saturated rings. The summed E-state index contributed by atoms with van der Waals surface area (Å²) in [5.41, 5.74) is 1.25. The molecule has 5 heteroatoms. The van der Waals surface area contributed by atoms with Crippen molar-refractivity contribution in [3.05, 3.63) is 23.8 Å². The predicted octanol–water partition coefficient (Wildman–Crippen LogP) is 4.05. The van der Waals surface area contributed by atoms with E-state index in [-0.39, 0.29) is 0 Å². The minimum absolute atomic E-state index is 0.345. The van der Waals surface area contributed by atoms with E-state index in [4.69, 9.17) is 14.2 Å². The van der Waals surface area contributed by atoms with Gasteiger partial charge in [0.2, 0.25) is 6.79 Å². The molecule has 3 heterocycles. The molecule has 29 heavy (non-hydrogen) atoms. The van der Waals surface area contributed by atoms with Gasteiger partial charge in [-0.1, -0.05) is 25.0 Å². The number of ether oxygens (including phenoxy) is 3. The van der Waals surface area contributed by atoms with Gasteiger partial charge in [-0.2, -0.15) is 0 Å². The second-order valence-electron chi connectivity index (χ2n) is 9.40. The van der Waals surface area contributed by atoms with Gasteiger partial charge < -0.3 is 19.1 Å². The summed E-state index contributed by atoms with van der Waals surface area (Å²) < 4.78 is 17.3. The molecule has 0 spiro atoms. The summed E-state index contributed by atoms with van der Waals surface area (Å²) in [7, 11) is 0. The van der Waals surface area contributed by atoms with Crippen LogP contribution in [0.25, 0.3) is 0 Å². The van der Waals surface area contributed by atoms with Crippen LogP contribution in [0.5, 0.6) is 11.5 Å². The van der Waals surface area contributed by atoms with Crippen molar-refractivity contribution in [1.82, 2.24) is 9.80 Å². The van der Waals surface area contributed by atoms with Crippen molar-refractivity contribution in [3.63, 3.8) is 0 Å². The van der Waals surface area contributed by atoms with Crippen molar-refractivity contribution in [3.8, 4) is 11.5 Å². The zero-order valence-corrected chi connectivity index (χ0v) is 17.7. The minimum atomic E-state index is 0.345. The molecule has 0 aromatic heterocycles. The third-order valence-corrected chi connectivity index (χ3v) is 7.36. The van der Waals surface area contributed by atoms with E-state index in [1.165, 1.54) is 76.6 Å². The first kappa shape index (κ1) is 19.7. The van der Waals surface area contributed by atoms with E-state index in [1.807, 2.05) is 6.07 Å². The lowest BCUT2D eigenvalue weighted by Gasteiger charge is -2.38. The van der Waals surface area contributed by atoms with Gasteiger partial charge in [0.1, 0.15) is 0 Å². The standard InChI is InChI=1S/C24H36N2O3/c1-2-7-21(6-1)26-12-10-19(11-13-26)15-25(17-22-8-4-14-27-22)16-20-5-3-9-23-24(20)29-18-28-23/h3,5,9,19,21-22H,1-2,4,6-8,10-18H2. The fourth-order valence-electron chi connectivity index (χ4n) is 5.77. The van der Waals surface area contributed by atoms with E-state index < -0.39 is 0 Å². The Balaban J connectivity index is 1.21. The van der Waals surface area contributed by atoms with Crippen molar-refractivity contribution >= 4 is 0 Å². The maximum Gasteiger partial charge on any atom is 0.231 e. The molecule has 160 valence electrons. The lowest BCUT2D eigenvalue weighted by Crippen LogP contribution is -2.43. The highest BCUT2D eigenvalue weighted by atomic mass is 16.7. The van der Waals surface area contributed by atoms with Crippen molar-refractivity contribution < 1.29 is 14.2 Å². The van der Waals surface area contributed by atoms with Gasteiger partial charge >= 0.3 is 0 Å². The van der Waals surface area contributed by atoms with Gasteiger partial charge in [-0.25, -0.2) is 0 Å². The SMILES string of the molecule is c1cc(CN(CC2CCN(C3CCCC3)CC2)CC2CCCO2)c2c(c1)OCO2. The molecule has 1 saturated carbocycles. The molecule has 1 aromatic carbocycles. The van der Waals surface area contributed by atoms with Gasteiger partial charge in [0.25, 0.3) is 0 Å². The van der Waals surface area contributed by atoms with Crippen LogP contribution in [0, 0.1) is 5.92 Å². The monoisotopic (exact) mass is 400 g/mol. The van der Waals surface area contributed by atoms with Gasteiger partial charge in [0.05, 0.1) is 6.10 Å². The topological polar surface area (TPSA) is 34.2 Å². The number of rotatable bonds is 7. The molecule has 1 atom stereocenters. The zero-order valence-electron chi connectivity index (χ0n) is 17.7. The molecular formula is C24H36N2O3.